The Labute approximate surface area is 122 Å². The van der Waals surface area contributed by atoms with E-state index in [2.05, 4.69) is 5.32 Å². The van der Waals surface area contributed by atoms with E-state index >= 15 is 0 Å². The molecule has 1 atom stereocenters. The van der Waals surface area contributed by atoms with Gasteiger partial charge in [0.25, 0.3) is 0 Å². The standard InChI is InChI=1S/C16H17FN2O2/c1-21-11-16(15(18)20,12-5-3-2-4-6-12)19-14-9-7-13(17)8-10-14/h2-10,19H,11H2,1H3,(H2,18,20). The van der Waals surface area contributed by atoms with Gasteiger partial charge in [0.15, 0.2) is 5.54 Å². The van der Waals surface area contributed by atoms with E-state index in [1.165, 1.54) is 19.2 Å². The first kappa shape index (κ1) is 15.0. The van der Waals surface area contributed by atoms with Crippen LogP contribution in [0.1, 0.15) is 5.56 Å². The van der Waals surface area contributed by atoms with Crippen LogP contribution in [0.25, 0.3) is 0 Å². The van der Waals surface area contributed by atoms with E-state index in [4.69, 9.17) is 10.5 Å². The Kier molecular flexibility index (Phi) is 4.55. The van der Waals surface area contributed by atoms with Crippen molar-refractivity contribution < 1.29 is 13.9 Å². The number of benzene rings is 2. The van der Waals surface area contributed by atoms with Gasteiger partial charge in [-0.3, -0.25) is 4.79 Å². The number of methoxy groups -OCH3 is 1. The fourth-order valence-electron chi connectivity index (χ4n) is 2.19. The lowest BCUT2D eigenvalue weighted by Crippen LogP contribution is -2.51. The lowest BCUT2D eigenvalue weighted by Gasteiger charge is -2.32. The number of amides is 1. The Bertz CT molecular complexity index is 601. The van der Waals surface area contributed by atoms with Gasteiger partial charge in [-0.15, -0.1) is 0 Å². The number of carbonyl (C=O) groups excluding carboxylic acids is 1. The van der Waals surface area contributed by atoms with E-state index in [1.807, 2.05) is 18.2 Å². The largest absolute Gasteiger partial charge is 0.381 e. The van der Waals surface area contributed by atoms with Crippen molar-refractivity contribution in [2.24, 2.45) is 5.73 Å². The summed E-state index contributed by atoms with van der Waals surface area (Å²) in [5.41, 5.74) is 5.66. The smallest absolute Gasteiger partial charge is 0.250 e. The molecule has 0 spiro atoms. The predicted molar refractivity (Wildman–Crippen MR) is 79.2 cm³/mol. The molecule has 2 aromatic carbocycles. The first-order valence-electron chi connectivity index (χ1n) is 6.46. The molecule has 0 aromatic heterocycles. The van der Waals surface area contributed by atoms with Crippen molar-refractivity contribution in [1.29, 1.82) is 0 Å². The Morgan fingerprint density at radius 2 is 1.81 bits per heavy atom. The SMILES string of the molecule is COCC(Nc1ccc(F)cc1)(C(N)=O)c1ccccc1. The van der Waals surface area contributed by atoms with E-state index in [0.29, 0.717) is 11.3 Å². The molecule has 5 heteroatoms. The molecule has 0 saturated heterocycles. The van der Waals surface area contributed by atoms with Crippen LogP contribution < -0.4 is 11.1 Å². The number of halogens is 1. The molecule has 2 rings (SSSR count). The Hall–Kier alpha value is -2.40. The molecule has 1 unspecified atom stereocenters. The van der Waals surface area contributed by atoms with Crippen LogP contribution >= 0.6 is 0 Å². The van der Waals surface area contributed by atoms with Gasteiger partial charge in [0.2, 0.25) is 5.91 Å². The number of hydrogen-bond acceptors (Lipinski definition) is 3. The summed E-state index contributed by atoms with van der Waals surface area (Å²) in [5.74, 6) is -0.920. The zero-order chi connectivity index (χ0) is 15.3. The van der Waals surface area contributed by atoms with Gasteiger partial charge in [-0.05, 0) is 29.8 Å². The van der Waals surface area contributed by atoms with Gasteiger partial charge in [-0.1, -0.05) is 30.3 Å². The van der Waals surface area contributed by atoms with Gasteiger partial charge in [0, 0.05) is 12.8 Å². The molecule has 4 nitrogen and oxygen atoms in total. The minimum atomic E-state index is -1.21. The number of carbonyl (C=O) groups is 1. The summed E-state index contributed by atoms with van der Waals surface area (Å²) in [6, 6.07) is 14.8. The molecule has 2 aromatic rings. The number of hydrogen-bond donors (Lipinski definition) is 2. The van der Waals surface area contributed by atoms with Gasteiger partial charge in [0.1, 0.15) is 5.82 Å². The molecule has 0 aliphatic carbocycles. The molecule has 0 radical (unpaired) electrons. The van der Waals surface area contributed by atoms with Crippen LogP contribution in [-0.4, -0.2) is 19.6 Å². The van der Waals surface area contributed by atoms with Crippen LogP contribution in [-0.2, 0) is 15.1 Å². The monoisotopic (exact) mass is 288 g/mol. The number of rotatable bonds is 6. The average Bonchev–Trinajstić information content (AvgIpc) is 2.49. The van der Waals surface area contributed by atoms with Gasteiger partial charge in [0.05, 0.1) is 6.61 Å². The summed E-state index contributed by atoms with van der Waals surface area (Å²) in [7, 11) is 1.49. The van der Waals surface area contributed by atoms with Crippen molar-refractivity contribution in [1.82, 2.24) is 0 Å². The third-order valence-electron chi connectivity index (χ3n) is 3.25. The molecule has 0 aliphatic heterocycles. The second-order valence-corrected chi connectivity index (χ2v) is 4.70. The normalized spacial score (nSPS) is 13.4. The van der Waals surface area contributed by atoms with Crippen LogP contribution in [0.4, 0.5) is 10.1 Å². The third kappa shape index (κ3) is 3.20. The summed E-state index contributed by atoms with van der Waals surface area (Å²) >= 11 is 0. The maximum Gasteiger partial charge on any atom is 0.250 e. The highest BCUT2D eigenvalue weighted by atomic mass is 19.1. The number of nitrogens with one attached hydrogen (secondary N) is 1. The lowest BCUT2D eigenvalue weighted by atomic mass is 9.89. The highest BCUT2D eigenvalue weighted by Gasteiger charge is 2.38. The topological polar surface area (TPSA) is 64.3 Å². The van der Waals surface area contributed by atoms with E-state index in [9.17, 15) is 9.18 Å². The quantitative estimate of drug-likeness (QED) is 0.857. The lowest BCUT2D eigenvalue weighted by molar-refractivity contribution is -0.124. The average molecular weight is 288 g/mol. The summed E-state index contributed by atoms with van der Waals surface area (Å²) in [6.45, 7) is 0.0592. The molecule has 0 aliphatic rings. The fourth-order valence-corrected chi connectivity index (χ4v) is 2.19. The summed E-state index contributed by atoms with van der Waals surface area (Å²) < 4.78 is 18.2. The van der Waals surface area contributed by atoms with Gasteiger partial charge < -0.3 is 15.8 Å². The van der Waals surface area contributed by atoms with Crippen molar-refractivity contribution in [2.45, 2.75) is 5.54 Å². The molecule has 0 bridgehead atoms. The number of anilines is 1. The van der Waals surface area contributed by atoms with Crippen LogP contribution in [0.2, 0.25) is 0 Å². The van der Waals surface area contributed by atoms with Gasteiger partial charge >= 0.3 is 0 Å². The molecular weight excluding hydrogens is 271 g/mol. The van der Waals surface area contributed by atoms with Gasteiger partial charge in [-0.25, -0.2) is 4.39 Å². The van der Waals surface area contributed by atoms with E-state index in [-0.39, 0.29) is 12.4 Å². The second-order valence-electron chi connectivity index (χ2n) is 4.70. The third-order valence-corrected chi connectivity index (χ3v) is 3.25. The maximum atomic E-state index is 13.0. The maximum absolute atomic E-state index is 13.0. The number of primary amides is 1. The van der Waals surface area contributed by atoms with Crippen molar-refractivity contribution >= 4 is 11.6 Å². The van der Waals surface area contributed by atoms with E-state index in [0.717, 1.165) is 0 Å². The highest BCUT2D eigenvalue weighted by molar-refractivity contribution is 5.89. The molecule has 0 fully saturated rings. The molecular formula is C16H17FN2O2. The second kappa shape index (κ2) is 6.37. The van der Waals surface area contributed by atoms with Crippen molar-refractivity contribution in [3.05, 3.63) is 66.0 Å². The summed E-state index contributed by atoms with van der Waals surface area (Å²) in [6.07, 6.45) is 0. The van der Waals surface area contributed by atoms with Crippen LogP contribution in [0.5, 0.6) is 0 Å². The predicted octanol–water partition coefficient (Wildman–Crippen LogP) is 2.26. The Morgan fingerprint density at radius 3 is 2.33 bits per heavy atom. The first-order valence-corrected chi connectivity index (χ1v) is 6.46. The zero-order valence-corrected chi connectivity index (χ0v) is 11.7. The van der Waals surface area contributed by atoms with E-state index in [1.54, 1.807) is 24.3 Å². The molecule has 0 heterocycles. The fraction of sp³-hybridized carbons (Fsp3) is 0.188. The molecule has 3 N–H and O–H groups in total. The molecule has 110 valence electrons. The first-order chi connectivity index (χ1) is 10.1. The Morgan fingerprint density at radius 1 is 1.19 bits per heavy atom. The minimum Gasteiger partial charge on any atom is -0.381 e. The van der Waals surface area contributed by atoms with Crippen LogP contribution in [0.15, 0.2) is 54.6 Å². The summed E-state index contributed by atoms with van der Waals surface area (Å²) in [5, 5.41) is 3.07. The number of ether oxygens (including phenoxy) is 1. The molecule has 21 heavy (non-hydrogen) atoms. The van der Waals surface area contributed by atoms with Gasteiger partial charge in [-0.2, -0.15) is 0 Å². The summed E-state index contributed by atoms with van der Waals surface area (Å²) in [4.78, 5) is 12.1. The zero-order valence-electron chi connectivity index (χ0n) is 11.7. The molecule has 1 amide bonds. The van der Waals surface area contributed by atoms with Crippen LogP contribution in [0.3, 0.4) is 0 Å². The van der Waals surface area contributed by atoms with Crippen molar-refractivity contribution in [2.75, 3.05) is 19.0 Å². The highest BCUT2D eigenvalue weighted by Crippen LogP contribution is 2.27. The minimum absolute atomic E-state index is 0.0592. The molecule has 0 saturated carbocycles. The number of nitrogens with two attached hydrogens (primary N) is 1. The van der Waals surface area contributed by atoms with E-state index < -0.39 is 11.4 Å². The van der Waals surface area contributed by atoms with Crippen molar-refractivity contribution in [3.8, 4) is 0 Å². The Balaban J connectivity index is 2.44. The van der Waals surface area contributed by atoms with Crippen molar-refractivity contribution in [3.63, 3.8) is 0 Å². The van der Waals surface area contributed by atoms with Crippen LogP contribution in [0, 0.1) is 5.82 Å².